The number of H-pyrrole nitrogens is 1. The van der Waals surface area contributed by atoms with Gasteiger partial charge < -0.3 is 23.9 Å². The Hall–Kier alpha value is -3.52. The molecule has 0 aliphatic carbocycles. The number of hydrogen-bond donors (Lipinski definition) is 1. The first-order valence-electron chi connectivity index (χ1n) is 10.9. The van der Waals surface area contributed by atoms with Crippen molar-refractivity contribution in [1.29, 1.82) is 0 Å². The molecule has 1 atom stereocenters. The second-order valence-electron chi connectivity index (χ2n) is 8.63. The highest BCUT2D eigenvalue weighted by Crippen LogP contribution is 2.29. The van der Waals surface area contributed by atoms with Crippen LogP contribution in [0.15, 0.2) is 73.1 Å². The average molecular weight is 445 g/mol. The first-order chi connectivity index (χ1) is 15.7. The van der Waals surface area contributed by atoms with E-state index in [0.29, 0.717) is 11.6 Å². The van der Waals surface area contributed by atoms with Gasteiger partial charge in [-0.3, -0.25) is 0 Å². The van der Waals surface area contributed by atoms with Gasteiger partial charge in [-0.15, -0.1) is 0 Å². The van der Waals surface area contributed by atoms with Gasteiger partial charge in [-0.1, -0.05) is 61.2 Å². The molecule has 0 unspecified atom stereocenters. The molecule has 170 valence electrons. The van der Waals surface area contributed by atoms with Crippen molar-refractivity contribution in [3.63, 3.8) is 0 Å². The summed E-state index contributed by atoms with van der Waals surface area (Å²) in [7, 11) is 1.24. The smallest absolute Gasteiger partial charge is 0.534 e. The number of rotatable bonds is 6. The zero-order valence-electron chi connectivity index (χ0n) is 19.4. The highest BCUT2D eigenvalue weighted by Gasteiger charge is 2.42. The number of amides is 1. The third-order valence-corrected chi connectivity index (χ3v) is 5.88. The van der Waals surface area contributed by atoms with Crippen molar-refractivity contribution in [2.75, 3.05) is 7.05 Å². The standard InChI is InChI=1S/C25H28BN3O4/c1-17(29(5)24(30)31-16-19-9-7-6-8-10-19)23-27-15-22(28-23)20-11-13-21(14-12-20)26-32-18(2)25(3,4)33-26/h6-15,17H,2,16H2,1,3-5H3,(H,27,28)/t17-/m0/s1. The van der Waals surface area contributed by atoms with E-state index in [1.807, 2.05) is 75.4 Å². The fourth-order valence-corrected chi connectivity index (χ4v) is 3.44. The SMILES string of the molecule is C=C1OB(c2ccc(-c3cnc([C@H](C)N(C)C(=O)OCc4ccccc4)[nH]3)cc2)OC1(C)C. The molecule has 0 bridgehead atoms. The van der Waals surface area contributed by atoms with Crippen LogP contribution in [-0.4, -0.2) is 40.7 Å². The Labute approximate surface area is 194 Å². The molecule has 1 aromatic heterocycles. The Morgan fingerprint density at radius 1 is 1.21 bits per heavy atom. The van der Waals surface area contributed by atoms with Crippen LogP contribution in [0.3, 0.4) is 0 Å². The normalized spacial score (nSPS) is 15.8. The Morgan fingerprint density at radius 3 is 2.55 bits per heavy atom. The Bertz CT molecular complexity index is 1130. The lowest BCUT2D eigenvalue weighted by Gasteiger charge is -2.22. The predicted molar refractivity (Wildman–Crippen MR) is 128 cm³/mol. The van der Waals surface area contributed by atoms with Gasteiger partial charge in [0.2, 0.25) is 0 Å². The second kappa shape index (κ2) is 9.15. The van der Waals surface area contributed by atoms with Gasteiger partial charge >= 0.3 is 13.2 Å². The van der Waals surface area contributed by atoms with Crippen molar-refractivity contribution < 1.29 is 18.8 Å². The molecule has 1 amide bonds. The molecule has 0 radical (unpaired) electrons. The zero-order chi connectivity index (χ0) is 23.6. The van der Waals surface area contributed by atoms with E-state index in [2.05, 4.69) is 16.5 Å². The molecular formula is C25H28BN3O4. The number of aromatic nitrogens is 2. The first kappa shape index (κ1) is 22.7. The second-order valence-corrected chi connectivity index (χ2v) is 8.63. The molecule has 7 nitrogen and oxygen atoms in total. The summed E-state index contributed by atoms with van der Waals surface area (Å²) in [4.78, 5) is 21.8. The topological polar surface area (TPSA) is 76.7 Å². The van der Waals surface area contributed by atoms with E-state index in [0.717, 1.165) is 22.3 Å². The minimum Gasteiger partial charge on any atom is -0.534 e. The lowest BCUT2D eigenvalue weighted by molar-refractivity contribution is 0.0923. The molecule has 1 saturated heterocycles. The van der Waals surface area contributed by atoms with Crippen LogP contribution in [0.5, 0.6) is 0 Å². The Morgan fingerprint density at radius 2 is 1.91 bits per heavy atom. The van der Waals surface area contributed by atoms with Crippen LogP contribution in [0, 0.1) is 0 Å². The van der Waals surface area contributed by atoms with Gasteiger partial charge in [0.05, 0.1) is 23.7 Å². The van der Waals surface area contributed by atoms with Crippen molar-refractivity contribution in [3.8, 4) is 11.3 Å². The highest BCUT2D eigenvalue weighted by atomic mass is 16.7. The molecule has 0 saturated carbocycles. The van der Waals surface area contributed by atoms with E-state index in [9.17, 15) is 4.79 Å². The summed E-state index contributed by atoms with van der Waals surface area (Å²) in [6.45, 7) is 9.92. The molecule has 2 heterocycles. The molecule has 4 rings (SSSR count). The quantitative estimate of drug-likeness (QED) is 0.568. The molecule has 1 fully saturated rings. The van der Waals surface area contributed by atoms with Gasteiger partial charge in [-0.2, -0.15) is 0 Å². The number of aromatic amines is 1. The number of ether oxygens (including phenoxy) is 1. The van der Waals surface area contributed by atoms with E-state index in [1.165, 1.54) is 4.90 Å². The number of carbonyl (C=O) groups is 1. The van der Waals surface area contributed by atoms with E-state index < -0.39 is 18.8 Å². The lowest BCUT2D eigenvalue weighted by atomic mass is 9.79. The van der Waals surface area contributed by atoms with Gasteiger partial charge in [0.1, 0.15) is 18.0 Å². The summed E-state index contributed by atoms with van der Waals surface area (Å²) < 4.78 is 17.1. The highest BCUT2D eigenvalue weighted by molar-refractivity contribution is 6.62. The number of benzene rings is 2. The number of hydrogen-bond acceptors (Lipinski definition) is 5. The minimum atomic E-state index is -0.508. The molecule has 3 aromatic rings. The average Bonchev–Trinajstić information content (AvgIpc) is 3.42. The maximum absolute atomic E-state index is 12.5. The first-order valence-corrected chi connectivity index (χ1v) is 10.9. The molecule has 1 aliphatic rings. The lowest BCUT2D eigenvalue weighted by Crippen LogP contribution is -2.34. The third-order valence-electron chi connectivity index (χ3n) is 5.88. The summed E-state index contributed by atoms with van der Waals surface area (Å²) >= 11 is 0. The summed E-state index contributed by atoms with van der Waals surface area (Å²) in [6, 6.07) is 17.2. The van der Waals surface area contributed by atoms with Crippen molar-refractivity contribution in [1.82, 2.24) is 14.9 Å². The van der Waals surface area contributed by atoms with Crippen molar-refractivity contribution in [2.24, 2.45) is 0 Å². The van der Waals surface area contributed by atoms with Crippen LogP contribution < -0.4 is 5.46 Å². The van der Waals surface area contributed by atoms with Crippen LogP contribution in [0.25, 0.3) is 11.3 Å². The van der Waals surface area contributed by atoms with Crippen LogP contribution in [-0.2, 0) is 20.7 Å². The predicted octanol–water partition coefficient (Wildman–Crippen LogP) is 4.44. The van der Waals surface area contributed by atoms with Gasteiger partial charge in [0.15, 0.2) is 0 Å². The monoisotopic (exact) mass is 445 g/mol. The van der Waals surface area contributed by atoms with E-state index in [-0.39, 0.29) is 12.6 Å². The number of carbonyl (C=O) groups excluding carboxylic acids is 1. The van der Waals surface area contributed by atoms with Crippen molar-refractivity contribution >= 4 is 18.7 Å². The summed E-state index contributed by atoms with van der Waals surface area (Å²) in [5.41, 5.74) is 3.17. The van der Waals surface area contributed by atoms with Crippen LogP contribution in [0.2, 0.25) is 0 Å². The van der Waals surface area contributed by atoms with Gasteiger partial charge in [0, 0.05) is 7.05 Å². The molecule has 8 heteroatoms. The number of nitrogens with one attached hydrogen (secondary N) is 1. The Kier molecular flexibility index (Phi) is 6.29. The van der Waals surface area contributed by atoms with E-state index >= 15 is 0 Å². The largest absolute Gasteiger partial charge is 0.563 e. The molecule has 1 N–H and O–H groups in total. The third kappa shape index (κ3) is 4.96. The van der Waals surface area contributed by atoms with Gasteiger partial charge in [-0.05, 0) is 37.4 Å². The fourth-order valence-electron chi connectivity index (χ4n) is 3.44. The van der Waals surface area contributed by atoms with Crippen LogP contribution in [0.1, 0.15) is 38.2 Å². The maximum atomic E-state index is 12.5. The van der Waals surface area contributed by atoms with Gasteiger partial charge in [-0.25, -0.2) is 9.78 Å². The molecule has 0 spiro atoms. The molecule has 2 aromatic carbocycles. The summed E-state index contributed by atoms with van der Waals surface area (Å²) in [5.74, 6) is 1.30. The number of nitrogens with zero attached hydrogens (tertiary/aromatic N) is 2. The number of imidazole rings is 1. The van der Waals surface area contributed by atoms with E-state index in [1.54, 1.807) is 13.2 Å². The summed E-state index contributed by atoms with van der Waals surface area (Å²) in [6.07, 6.45) is 1.35. The van der Waals surface area contributed by atoms with E-state index in [4.69, 9.17) is 14.0 Å². The van der Waals surface area contributed by atoms with Gasteiger partial charge in [0.25, 0.3) is 0 Å². The molecular weight excluding hydrogens is 417 g/mol. The van der Waals surface area contributed by atoms with Crippen molar-refractivity contribution in [3.05, 3.63) is 84.5 Å². The fraction of sp³-hybridized carbons (Fsp3) is 0.280. The minimum absolute atomic E-state index is 0.228. The molecule has 33 heavy (non-hydrogen) atoms. The summed E-state index contributed by atoms with van der Waals surface area (Å²) in [5, 5.41) is 0. The zero-order valence-corrected chi connectivity index (χ0v) is 19.4. The van der Waals surface area contributed by atoms with Crippen LogP contribution in [0.4, 0.5) is 4.79 Å². The molecule has 1 aliphatic heterocycles. The van der Waals surface area contributed by atoms with Crippen LogP contribution >= 0.6 is 0 Å². The Balaban J connectivity index is 1.38. The maximum Gasteiger partial charge on any atom is 0.563 e. The van der Waals surface area contributed by atoms with Crippen molar-refractivity contribution in [2.45, 2.75) is 39.0 Å².